The van der Waals surface area contributed by atoms with Crippen molar-refractivity contribution in [1.82, 2.24) is 9.97 Å². The second-order valence-corrected chi connectivity index (χ2v) is 3.31. The van der Waals surface area contributed by atoms with Gasteiger partial charge in [0.1, 0.15) is 0 Å². The van der Waals surface area contributed by atoms with Crippen LogP contribution in [0.15, 0.2) is 23.6 Å². The largest absolute Gasteiger partial charge is 0.389 e. The molecule has 0 unspecified atom stereocenters. The van der Waals surface area contributed by atoms with Crippen LogP contribution in [0.2, 0.25) is 0 Å². The Morgan fingerprint density at radius 3 is 2.38 bits per heavy atom. The van der Waals surface area contributed by atoms with Gasteiger partial charge in [-0.25, -0.2) is 9.97 Å². The average Bonchev–Trinajstić information content (AvgIpc) is 2.04. The summed E-state index contributed by atoms with van der Waals surface area (Å²) in [5.74, 6) is -0.0342. The summed E-state index contributed by atoms with van der Waals surface area (Å²) < 4.78 is 35.1. The summed E-state index contributed by atoms with van der Waals surface area (Å²) in [5, 5.41) is 0.381. The maximum absolute atomic E-state index is 11.7. The molecule has 0 radical (unpaired) electrons. The van der Waals surface area contributed by atoms with E-state index in [1.165, 1.54) is 12.4 Å². The lowest BCUT2D eigenvalue weighted by Crippen LogP contribution is -2.08. The monoisotopic (exact) mass is 208 g/mol. The number of halogens is 3. The third-order valence-corrected chi connectivity index (χ3v) is 2.04. The Labute approximate surface area is 77.6 Å². The van der Waals surface area contributed by atoms with Crippen molar-refractivity contribution in [3.8, 4) is 0 Å². The standard InChI is InChI=1S/C7H7F3N2S/c8-7(9,10)2-5-13-6-11-3-1-4-12-6/h1,3-4H,2,5H2. The molecule has 6 heteroatoms. The predicted molar refractivity (Wildman–Crippen MR) is 43.4 cm³/mol. The molecule has 1 aromatic heterocycles. The van der Waals surface area contributed by atoms with E-state index >= 15 is 0 Å². The van der Waals surface area contributed by atoms with Crippen LogP contribution in [0.4, 0.5) is 13.2 Å². The Hall–Kier alpha value is -0.780. The minimum Gasteiger partial charge on any atom is -0.231 e. The Morgan fingerprint density at radius 1 is 1.23 bits per heavy atom. The van der Waals surface area contributed by atoms with E-state index in [4.69, 9.17) is 0 Å². The normalized spacial score (nSPS) is 11.6. The number of hydrogen-bond acceptors (Lipinski definition) is 3. The zero-order chi connectivity index (χ0) is 9.73. The van der Waals surface area contributed by atoms with Gasteiger partial charge < -0.3 is 0 Å². The molecule has 0 bridgehead atoms. The van der Waals surface area contributed by atoms with Crippen molar-refractivity contribution < 1.29 is 13.2 Å². The van der Waals surface area contributed by atoms with Crippen molar-refractivity contribution in [2.45, 2.75) is 17.8 Å². The van der Waals surface area contributed by atoms with Crippen LogP contribution < -0.4 is 0 Å². The molecule has 1 rings (SSSR count). The minimum atomic E-state index is -4.10. The van der Waals surface area contributed by atoms with Gasteiger partial charge in [0.2, 0.25) is 0 Å². The van der Waals surface area contributed by atoms with Crippen LogP contribution in [0.1, 0.15) is 6.42 Å². The molecule has 0 N–H and O–H groups in total. The lowest BCUT2D eigenvalue weighted by atomic mass is 10.5. The summed E-state index contributed by atoms with van der Waals surface area (Å²) in [7, 11) is 0. The highest BCUT2D eigenvalue weighted by molar-refractivity contribution is 7.99. The van der Waals surface area contributed by atoms with Crippen molar-refractivity contribution >= 4 is 11.8 Å². The van der Waals surface area contributed by atoms with Crippen LogP contribution in [0, 0.1) is 0 Å². The Bertz CT molecular complexity index is 250. The van der Waals surface area contributed by atoms with E-state index in [1.54, 1.807) is 6.07 Å². The first kappa shape index (κ1) is 10.3. The first-order valence-electron chi connectivity index (χ1n) is 3.54. The number of alkyl halides is 3. The summed E-state index contributed by atoms with van der Waals surface area (Å²) in [6, 6.07) is 1.62. The number of hydrogen-bond donors (Lipinski definition) is 0. The van der Waals surface area contributed by atoms with Gasteiger partial charge in [0.15, 0.2) is 5.16 Å². The number of aromatic nitrogens is 2. The highest BCUT2D eigenvalue weighted by Gasteiger charge is 2.26. The Balaban J connectivity index is 2.29. The molecule has 1 aromatic rings. The van der Waals surface area contributed by atoms with Gasteiger partial charge in [0.05, 0.1) is 6.42 Å². The highest BCUT2D eigenvalue weighted by atomic mass is 32.2. The molecular formula is C7H7F3N2S. The lowest BCUT2D eigenvalue weighted by molar-refractivity contribution is -0.129. The van der Waals surface area contributed by atoms with Crippen molar-refractivity contribution in [1.29, 1.82) is 0 Å². The van der Waals surface area contributed by atoms with Crippen LogP contribution >= 0.6 is 11.8 Å². The molecule has 1 heterocycles. The van der Waals surface area contributed by atoms with Crippen molar-refractivity contribution in [2.24, 2.45) is 0 Å². The zero-order valence-electron chi connectivity index (χ0n) is 6.58. The van der Waals surface area contributed by atoms with E-state index in [0.717, 1.165) is 11.8 Å². The quantitative estimate of drug-likeness (QED) is 0.564. The van der Waals surface area contributed by atoms with E-state index in [9.17, 15) is 13.2 Å². The first-order valence-corrected chi connectivity index (χ1v) is 4.53. The predicted octanol–water partition coefficient (Wildman–Crippen LogP) is 2.52. The molecule has 0 aromatic carbocycles. The van der Waals surface area contributed by atoms with Gasteiger partial charge in [0, 0.05) is 18.1 Å². The molecule has 0 aliphatic carbocycles. The first-order chi connectivity index (χ1) is 6.08. The fraction of sp³-hybridized carbons (Fsp3) is 0.429. The summed E-state index contributed by atoms with van der Waals surface area (Å²) >= 11 is 1.01. The SMILES string of the molecule is FC(F)(F)CCSc1ncccn1. The molecule has 0 amide bonds. The maximum Gasteiger partial charge on any atom is 0.389 e. The van der Waals surface area contributed by atoms with Crippen LogP contribution in [-0.2, 0) is 0 Å². The smallest absolute Gasteiger partial charge is 0.231 e. The number of rotatable bonds is 3. The van der Waals surface area contributed by atoms with Gasteiger partial charge in [-0.15, -0.1) is 0 Å². The summed E-state index contributed by atoms with van der Waals surface area (Å²) in [5.41, 5.74) is 0. The minimum absolute atomic E-state index is 0.0342. The van der Waals surface area contributed by atoms with Gasteiger partial charge in [-0.05, 0) is 6.07 Å². The van der Waals surface area contributed by atoms with E-state index in [1.807, 2.05) is 0 Å². The molecule has 72 valence electrons. The van der Waals surface area contributed by atoms with Gasteiger partial charge >= 0.3 is 6.18 Å². The second-order valence-electron chi connectivity index (χ2n) is 2.25. The molecule has 0 aliphatic heterocycles. The third-order valence-electron chi connectivity index (χ3n) is 1.16. The highest BCUT2D eigenvalue weighted by Crippen LogP contribution is 2.23. The third kappa shape index (κ3) is 4.72. The fourth-order valence-electron chi connectivity index (χ4n) is 0.618. The van der Waals surface area contributed by atoms with E-state index in [0.29, 0.717) is 5.16 Å². The maximum atomic E-state index is 11.7. The van der Waals surface area contributed by atoms with Gasteiger partial charge in [-0.1, -0.05) is 11.8 Å². The molecular weight excluding hydrogens is 201 g/mol. The fourth-order valence-corrected chi connectivity index (χ4v) is 1.40. The summed E-state index contributed by atoms with van der Waals surface area (Å²) in [6.07, 6.45) is -1.90. The number of nitrogens with zero attached hydrogens (tertiary/aromatic N) is 2. The number of thioether (sulfide) groups is 1. The second kappa shape index (κ2) is 4.45. The molecule has 0 fully saturated rings. The Morgan fingerprint density at radius 2 is 1.85 bits per heavy atom. The molecule has 0 aliphatic rings. The van der Waals surface area contributed by atoms with Gasteiger partial charge in [-0.3, -0.25) is 0 Å². The van der Waals surface area contributed by atoms with Crippen LogP contribution in [0.5, 0.6) is 0 Å². The topological polar surface area (TPSA) is 25.8 Å². The molecule has 13 heavy (non-hydrogen) atoms. The van der Waals surface area contributed by atoms with Gasteiger partial charge in [0.25, 0.3) is 0 Å². The van der Waals surface area contributed by atoms with Crippen LogP contribution in [0.3, 0.4) is 0 Å². The molecule has 0 atom stereocenters. The van der Waals surface area contributed by atoms with Crippen molar-refractivity contribution in [3.05, 3.63) is 18.5 Å². The molecule has 0 saturated carbocycles. The lowest BCUT2D eigenvalue weighted by Gasteiger charge is -2.03. The van der Waals surface area contributed by atoms with E-state index in [2.05, 4.69) is 9.97 Å². The molecule has 0 spiro atoms. The summed E-state index contributed by atoms with van der Waals surface area (Å²) in [4.78, 5) is 7.57. The van der Waals surface area contributed by atoms with Crippen molar-refractivity contribution in [3.63, 3.8) is 0 Å². The van der Waals surface area contributed by atoms with E-state index in [-0.39, 0.29) is 5.75 Å². The molecule has 0 saturated heterocycles. The Kier molecular flexibility index (Phi) is 3.53. The zero-order valence-corrected chi connectivity index (χ0v) is 7.40. The average molecular weight is 208 g/mol. The van der Waals surface area contributed by atoms with E-state index < -0.39 is 12.6 Å². The summed E-state index contributed by atoms with van der Waals surface area (Å²) in [6.45, 7) is 0. The van der Waals surface area contributed by atoms with Crippen molar-refractivity contribution in [2.75, 3.05) is 5.75 Å². The van der Waals surface area contributed by atoms with Crippen LogP contribution in [-0.4, -0.2) is 21.9 Å². The molecule has 2 nitrogen and oxygen atoms in total. The van der Waals surface area contributed by atoms with Crippen LogP contribution in [0.25, 0.3) is 0 Å². The van der Waals surface area contributed by atoms with Gasteiger partial charge in [-0.2, -0.15) is 13.2 Å².